The number of amides is 3. The van der Waals surface area contributed by atoms with Gasteiger partial charge in [-0.05, 0) is 53.3 Å². The van der Waals surface area contributed by atoms with Crippen molar-refractivity contribution < 1.29 is 19.1 Å². The molecule has 1 fully saturated rings. The van der Waals surface area contributed by atoms with Crippen LogP contribution in [0, 0.1) is 5.41 Å². The van der Waals surface area contributed by atoms with Gasteiger partial charge in [0.25, 0.3) is 0 Å². The highest BCUT2D eigenvalue weighted by atomic mass is 16.5. The molecule has 0 radical (unpaired) electrons. The number of rotatable bonds is 7. The number of hydrogen-bond acceptors (Lipinski definition) is 6. The van der Waals surface area contributed by atoms with Gasteiger partial charge < -0.3 is 20.3 Å². The van der Waals surface area contributed by atoms with Crippen LogP contribution in [-0.2, 0) is 50.5 Å². The molecule has 224 valence electrons. The Morgan fingerprint density at radius 2 is 1.77 bits per heavy atom. The van der Waals surface area contributed by atoms with E-state index in [0.29, 0.717) is 30.9 Å². The van der Waals surface area contributed by atoms with Gasteiger partial charge in [0.1, 0.15) is 12.4 Å². The molecule has 1 spiro atoms. The highest BCUT2D eigenvalue weighted by molar-refractivity contribution is 6.06. The Labute approximate surface area is 252 Å². The molecule has 3 aliphatic rings. The second-order valence-corrected chi connectivity index (χ2v) is 12.9. The Morgan fingerprint density at radius 1 is 1.02 bits per heavy atom. The molecule has 1 aliphatic carbocycles. The van der Waals surface area contributed by atoms with Gasteiger partial charge in [-0.3, -0.25) is 19.3 Å². The summed E-state index contributed by atoms with van der Waals surface area (Å²) < 4.78 is 5.50. The Bertz CT molecular complexity index is 1560. The number of carbonyl (C=O) groups is 3. The fraction of sp³-hybridized carbons (Fsp3) is 0.412. The van der Waals surface area contributed by atoms with Crippen molar-refractivity contribution in [2.75, 3.05) is 43.5 Å². The molecule has 3 amide bonds. The number of pyridine rings is 1. The van der Waals surface area contributed by atoms with E-state index in [1.807, 2.05) is 69.3 Å². The number of aromatic nitrogens is 1. The summed E-state index contributed by atoms with van der Waals surface area (Å²) in [6.07, 6.45) is 2.83. The van der Waals surface area contributed by atoms with Crippen LogP contribution in [0.5, 0.6) is 0 Å². The van der Waals surface area contributed by atoms with E-state index in [1.54, 1.807) is 11.1 Å². The van der Waals surface area contributed by atoms with Gasteiger partial charge >= 0.3 is 0 Å². The number of ether oxygens (including phenoxy) is 1. The van der Waals surface area contributed by atoms with Crippen LogP contribution < -0.4 is 10.6 Å². The molecule has 1 aromatic heterocycles. The number of morpholine rings is 1. The minimum atomic E-state index is -0.668. The number of nitrogens with zero attached hydrogens (tertiary/aromatic N) is 3. The highest BCUT2D eigenvalue weighted by Crippen LogP contribution is 2.46. The average Bonchev–Trinajstić information content (AvgIpc) is 3.50. The second kappa shape index (κ2) is 11.5. The van der Waals surface area contributed by atoms with E-state index in [2.05, 4.69) is 26.6 Å². The summed E-state index contributed by atoms with van der Waals surface area (Å²) in [6.45, 7) is 9.88. The lowest BCUT2D eigenvalue weighted by molar-refractivity contribution is -0.142. The first-order valence-electron chi connectivity index (χ1n) is 15.0. The SMILES string of the molecule is CC(C)(C)C(=O)N(CC(=O)Nc1ccc2c(c1)CC1(C2)C(=O)Nc2ncccc21)Cc1ccccc1CN1CCOCC1. The highest BCUT2D eigenvalue weighted by Gasteiger charge is 2.51. The predicted octanol–water partition coefficient (Wildman–Crippen LogP) is 3.92. The molecule has 2 aliphatic heterocycles. The van der Waals surface area contributed by atoms with Gasteiger partial charge in [-0.1, -0.05) is 57.2 Å². The number of nitrogens with one attached hydrogen (secondary N) is 2. The van der Waals surface area contributed by atoms with Crippen LogP contribution >= 0.6 is 0 Å². The zero-order valence-electron chi connectivity index (χ0n) is 25.1. The number of carbonyl (C=O) groups excluding carboxylic acids is 3. The van der Waals surface area contributed by atoms with Crippen LogP contribution in [0.25, 0.3) is 0 Å². The summed E-state index contributed by atoms with van der Waals surface area (Å²) in [5.41, 5.74) is 4.57. The van der Waals surface area contributed by atoms with Gasteiger partial charge in [-0.25, -0.2) is 4.98 Å². The first-order valence-corrected chi connectivity index (χ1v) is 15.0. The topological polar surface area (TPSA) is 104 Å². The minimum Gasteiger partial charge on any atom is -0.379 e. The Kier molecular flexibility index (Phi) is 7.79. The second-order valence-electron chi connectivity index (χ2n) is 12.9. The largest absolute Gasteiger partial charge is 0.379 e. The average molecular weight is 582 g/mol. The van der Waals surface area contributed by atoms with Crippen molar-refractivity contribution in [3.8, 4) is 0 Å². The smallest absolute Gasteiger partial charge is 0.244 e. The molecule has 3 aromatic rings. The Hall–Kier alpha value is -4.08. The van der Waals surface area contributed by atoms with E-state index in [1.165, 1.54) is 0 Å². The van der Waals surface area contributed by atoms with E-state index in [9.17, 15) is 14.4 Å². The molecule has 1 saturated heterocycles. The van der Waals surface area contributed by atoms with Crippen molar-refractivity contribution in [1.29, 1.82) is 0 Å². The van der Waals surface area contributed by atoms with Gasteiger partial charge in [0.2, 0.25) is 17.7 Å². The number of anilines is 2. The maximum absolute atomic E-state index is 13.6. The van der Waals surface area contributed by atoms with Crippen LogP contribution in [0.4, 0.5) is 11.5 Å². The monoisotopic (exact) mass is 581 g/mol. The molecule has 43 heavy (non-hydrogen) atoms. The lowest BCUT2D eigenvalue weighted by atomic mass is 9.79. The normalized spacial score (nSPS) is 19.6. The molecule has 2 aromatic carbocycles. The van der Waals surface area contributed by atoms with Crippen LogP contribution in [0.15, 0.2) is 60.8 Å². The van der Waals surface area contributed by atoms with E-state index in [-0.39, 0.29) is 24.3 Å². The van der Waals surface area contributed by atoms with Crippen LogP contribution in [0.2, 0.25) is 0 Å². The van der Waals surface area contributed by atoms with Gasteiger partial charge in [0.15, 0.2) is 0 Å². The molecule has 9 nitrogen and oxygen atoms in total. The van der Waals surface area contributed by atoms with Crippen molar-refractivity contribution in [2.24, 2.45) is 5.41 Å². The van der Waals surface area contributed by atoms with Crippen LogP contribution in [0.1, 0.15) is 48.6 Å². The van der Waals surface area contributed by atoms with Gasteiger partial charge in [-0.2, -0.15) is 0 Å². The number of hydrogen-bond donors (Lipinski definition) is 2. The maximum Gasteiger partial charge on any atom is 0.244 e. The lowest BCUT2D eigenvalue weighted by Crippen LogP contribution is -2.43. The first kappa shape index (κ1) is 29.0. The number of benzene rings is 2. The van der Waals surface area contributed by atoms with Crippen LogP contribution in [0.3, 0.4) is 0 Å². The lowest BCUT2D eigenvalue weighted by Gasteiger charge is -2.31. The van der Waals surface area contributed by atoms with Gasteiger partial charge in [0, 0.05) is 49.0 Å². The predicted molar refractivity (Wildman–Crippen MR) is 164 cm³/mol. The zero-order valence-corrected chi connectivity index (χ0v) is 25.1. The molecule has 2 N–H and O–H groups in total. The summed E-state index contributed by atoms with van der Waals surface area (Å²) in [7, 11) is 0. The Balaban J connectivity index is 1.17. The van der Waals surface area contributed by atoms with Crippen molar-refractivity contribution in [1.82, 2.24) is 14.8 Å². The van der Waals surface area contributed by atoms with Crippen LogP contribution in [-0.4, -0.2) is 65.4 Å². The maximum atomic E-state index is 13.6. The summed E-state index contributed by atoms with van der Waals surface area (Å²) in [5.74, 6) is 0.250. The zero-order chi connectivity index (χ0) is 30.2. The van der Waals surface area contributed by atoms with Gasteiger partial charge in [-0.15, -0.1) is 0 Å². The Morgan fingerprint density at radius 3 is 2.53 bits per heavy atom. The van der Waals surface area contributed by atoms with E-state index >= 15 is 0 Å². The summed E-state index contributed by atoms with van der Waals surface area (Å²) in [5, 5.41) is 5.95. The molecule has 1 atom stereocenters. The molecular weight excluding hydrogens is 542 g/mol. The van der Waals surface area contributed by atoms with E-state index in [4.69, 9.17) is 4.74 Å². The molecule has 0 bridgehead atoms. The summed E-state index contributed by atoms with van der Waals surface area (Å²) in [4.78, 5) is 48.4. The molecule has 3 heterocycles. The van der Waals surface area contributed by atoms with Crippen molar-refractivity contribution in [2.45, 2.75) is 52.1 Å². The number of fused-ring (bicyclic) bond motifs is 3. The fourth-order valence-corrected chi connectivity index (χ4v) is 6.46. The molecule has 0 saturated carbocycles. The quantitative estimate of drug-likeness (QED) is 0.439. The third kappa shape index (κ3) is 5.92. The van der Waals surface area contributed by atoms with Crippen molar-refractivity contribution in [3.63, 3.8) is 0 Å². The summed E-state index contributed by atoms with van der Waals surface area (Å²) >= 11 is 0. The molecule has 1 unspecified atom stereocenters. The van der Waals surface area contributed by atoms with E-state index < -0.39 is 10.8 Å². The first-order chi connectivity index (χ1) is 20.6. The fourth-order valence-electron chi connectivity index (χ4n) is 6.46. The third-order valence-corrected chi connectivity index (χ3v) is 8.70. The van der Waals surface area contributed by atoms with E-state index in [0.717, 1.165) is 60.7 Å². The third-order valence-electron chi connectivity index (χ3n) is 8.70. The molecule has 6 rings (SSSR count). The molecule has 9 heteroatoms. The minimum absolute atomic E-state index is 0.0341. The van der Waals surface area contributed by atoms with Crippen molar-refractivity contribution in [3.05, 3.63) is 88.6 Å². The van der Waals surface area contributed by atoms with Crippen molar-refractivity contribution >= 4 is 29.2 Å². The summed E-state index contributed by atoms with van der Waals surface area (Å²) in [6, 6.07) is 17.8. The molecular formula is C34H39N5O4. The van der Waals surface area contributed by atoms with Gasteiger partial charge in [0.05, 0.1) is 18.6 Å². The standard InChI is InChI=1S/C34H39N5O4/c1-33(2,3)32(42)39(21-25-8-5-4-7-24(25)20-38-13-15-43-16-14-38)22-29(40)36-27-11-10-23-18-34(19-26(23)17-27)28-9-6-12-35-30(28)37-31(34)41/h4-12,17H,13-16,18-22H2,1-3H3,(H,36,40)(H,35,37,41).